The summed E-state index contributed by atoms with van der Waals surface area (Å²) in [5.41, 5.74) is 0.913. The Bertz CT molecular complexity index is 528. The quantitative estimate of drug-likeness (QED) is 0.817. The van der Waals surface area contributed by atoms with Crippen LogP contribution in [0, 0.1) is 0 Å². The maximum absolute atomic E-state index is 11.9. The minimum absolute atomic E-state index is 0.00923. The number of carbonyl (C=O) groups is 2. The summed E-state index contributed by atoms with van der Waals surface area (Å²) in [4.78, 5) is 24.4. The topological polar surface area (TPSA) is 69.6 Å². The predicted molar refractivity (Wildman–Crippen MR) is 69.7 cm³/mol. The normalized spacial score (nSPS) is 15.0. The maximum Gasteiger partial charge on any atom is 0.277 e. The average molecular weight is 311 g/mol. The molecule has 2 N–H and O–H groups in total. The second-order valence-electron chi connectivity index (χ2n) is 3.68. The number of amides is 2. The Hall–Kier alpha value is -1.66. The number of rotatable bonds is 4. The fourth-order valence-corrected chi connectivity index (χ4v) is 2.00. The van der Waals surface area contributed by atoms with Crippen LogP contribution in [-0.4, -0.2) is 35.0 Å². The van der Waals surface area contributed by atoms with Gasteiger partial charge in [-0.3, -0.25) is 14.5 Å². The van der Waals surface area contributed by atoms with E-state index in [1.54, 1.807) is 6.07 Å². The lowest BCUT2D eigenvalue weighted by Crippen LogP contribution is -2.34. The van der Waals surface area contributed by atoms with E-state index in [0.29, 0.717) is 5.69 Å². The lowest BCUT2D eigenvalue weighted by atomic mass is 10.3. The highest BCUT2D eigenvalue weighted by Crippen LogP contribution is 2.24. The van der Waals surface area contributed by atoms with Crippen molar-refractivity contribution in [3.8, 4) is 0 Å². The van der Waals surface area contributed by atoms with Crippen molar-refractivity contribution >= 4 is 33.4 Å². The van der Waals surface area contributed by atoms with Gasteiger partial charge in [0.05, 0.1) is 18.8 Å². The van der Waals surface area contributed by atoms with Crippen molar-refractivity contribution in [3.05, 3.63) is 40.5 Å². The highest BCUT2D eigenvalue weighted by molar-refractivity contribution is 9.10. The van der Waals surface area contributed by atoms with Gasteiger partial charge in [-0.25, -0.2) is 0 Å². The minimum atomic E-state index is -0.426. The molecule has 1 aliphatic heterocycles. The van der Waals surface area contributed by atoms with Crippen molar-refractivity contribution in [2.75, 3.05) is 18.5 Å². The van der Waals surface area contributed by atoms with Crippen molar-refractivity contribution in [2.24, 2.45) is 0 Å². The zero-order chi connectivity index (χ0) is 13.1. The smallest absolute Gasteiger partial charge is 0.277 e. The number of anilines is 1. The number of nitrogens with one attached hydrogen (secondary N) is 1. The van der Waals surface area contributed by atoms with E-state index < -0.39 is 11.8 Å². The predicted octanol–water partition coefficient (Wildman–Crippen LogP) is 1.11. The summed E-state index contributed by atoms with van der Waals surface area (Å²) in [6.45, 7) is -0.233. The molecule has 0 aliphatic carbocycles. The molecular weight excluding hydrogens is 300 g/mol. The molecule has 18 heavy (non-hydrogen) atoms. The number of β-amino-alcohol motifs (C(OH)–C–C–N with tert-alkyl or cyclic N) is 1. The third-order valence-corrected chi connectivity index (χ3v) is 3.17. The van der Waals surface area contributed by atoms with Gasteiger partial charge >= 0.3 is 0 Å². The van der Waals surface area contributed by atoms with Crippen molar-refractivity contribution in [1.82, 2.24) is 4.90 Å². The van der Waals surface area contributed by atoms with E-state index in [-0.39, 0.29) is 18.8 Å². The summed E-state index contributed by atoms with van der Waals surface area (Å²) in [5.74, 6) is -0.839. The van der Waals surface area contributed by atoms with Crippen LogP contribution in [0.15, 0.2) is 40.5 Å². The molecule has 6 heteroatoms. The first kappa shape index (κ1) is 12.8. The molecule has 0 radical (unpaired) electrons. The number of aliphatic hydroxyl groups excluding tert-OH is 1. The van der Waals surface area contributed by atoms with E-state index in [9.17, 15) is 9.59 Å². The van der Waals surface area contributed by atoms with Crippen LogP contribution in [0.1, 0.15) is 0 Å². The molecule has 1 heterocycles. The number of benzene rings is 1. The Labute approximate surface area is 112 Å². The number of aliphatic hydroxyl groups is 1. The van der Waals surface area contributed by atoms with Gasteiger partial charge in [0, 0.05) is 10.5 Å². The van der Waals surface area contributed by atoms with Crippen LogP contribution in [-0.2, 0) is 9.59 Å². The molecule has 0 spiro atoms. The largest absolute Gasteiger partial charge is 0.395 e. The lowest BCUT2D eigenvalue weighted by molar-refractivity contribution is -0.137. The SMILES string of the molecule is O=C1C=C(Nc2ccccc2Br)C(=O)N1CCO. The Morgan fingerprint density at radius 1 is 1.28 bits per heavy atom. The van der Waals surface area contributed by atoms with Gasteiger partial charge < -0.3 is 10.4 Å². The fourth-order valence-electron chi connectivity index (χ4n) is 1.62. The second-order valence-corrected chi connectivity index (χ2v) is 4.54. The Balaban J connectivity index is 2.17. The first-order valence-electron chi connectivity index (χ1n) is 5.33. The fraction of sp³-hybridized carbons (Fsp3) is 0.167. The zero-order valence-corrected chi connectivity index (χ0v) is 11.0. The van der Waals surface area contributed by atoms with Gasteiger partial charge in [-0.15, -0.1) is 0 Å². The molecule has 1 aliphatic rings. The number of para-hydroxylation sites is 1. The Kier molecular flexibility index (Phi) is 3.78. The molecular formula is C12H11BrN2O3. The van der Waals surface area contributed by atoms with Crippen LogP contribution in [0.3, 0.4) is 0 Å². The van der Waals surface area contributed by atoms with E-state index in [1.165, 1.54) is 6.08 Å². The second kappa shape index (κ2) is 5.32. The van der Waals surface area contributed by atoms with Gasteiger partial charge in [-0.2, -0.15) is 0 Å². The van der Waals surface area contributed by atoms with Crippen LogP contribution < -0.4 is 5.32 Å². The molecule has 2 amide bonds. The van der Waals surface area contributed by atoms with E-state index in [4.69, 9.17) is 5.11 Å². The summed E-state index contributed by atoms with van der Waals surface area (Å²) < 4.78 is 0.798. The number of halogens is 1. The van der Waals surface area contributed by atoms with Gasteiger partial charge in [0.2, 0.25) is 0 Å². The van der Waals surface area contributed by atoms with Crippen LogP contribution in [0.2, 0.25) is 0 Å². The summed E-state index contributed by atoms with van der Waals surface area (Å²) in [5, 5.41) is 11.7. The highest BCUT2D eigenvalue weighted by Gasteiger charge is 2.30. The molecule has 2 rings (SSSR count). The van der Waals surface area contributed by atoms with E-state index in [2.05, 4.69) is 21.2 Å². The van der Waals surface area contributed by atoms with Gasteiger partial charge in [0.1, 0.15) is 5.70 Å². The molecule has 0 atom stereocenters. The number of hydrogen-bond donors (Lipinski definition) is 2. The molecule has 1 aromatic carbocycles. The van der Waals surface area contributed by atoms with Gasteiger partial charge in [0.25, 0.3) is 11.8 Å². The molecule has 0 bridgehead atoms. The maximum atomic E-state index is 11.9. The van der Waals surface area contributed by atoms with Gasteiger partial charge in [-0.05, 0) is 28.1 Å². The van der Waals surface area contributed by atoms with Gasteiger partial charge in [-0.1, -0.05) is 12.1 Å². The Morgan fingerprint density at radius 3 is 2.67 bits per heavy atom. The number of hydrogen-bond acceptors (Lipinski definition) is 4. The lowest BCUT2D eigenvalue weighted by Gasteiger charge is -2.13. The summed E-state index contributed by atoms with van der Waals surface area (Å²) >= 11 is 3.34. The number of nitrogens with zero attached hydrogens (tertiary/aromatic N) is 1. The van der Waals surface area contributed by atoms with Crippen molar-refractivity contribution in [2.45, 2.75) is 0 Å². The first-order chi connectivity index (χ1) is 8.63. The third kappa shape index (κ3) is 2.44. The van der Waals surface area contributed by atoms with Crippen LogP contribution in [0.4, 0.5) is 5.69 Å². The monoisotopic (exact) mass is 310 g/mol. The molecule has 0 saturated carbocycles. The van der Waals surface area contributed by atoms with Gasteiger partial charge in [0.15, 0.2) is 0 Å². The standard InChI is InChI=1S/C12H11BrN2O3/c13-8-3-1-2-4-9(8)14-10-7-11(17)15(5-6-16)12(10)18/h1-4,7,14,16H,5-6H2. The highest BCUT2D eigenvalue weighted by atomic mass is 79.9. The number of carbonyl (C=O) groups excluding carboxylic acids is 2. The molecule has 0 saturated heterocycles. The van der Waals surface area contributed by atoms with Crippen LogP contribution >= 0.6 is 15.9 Å². The summed E-state index contributed by atoms with van der Waals surface area (Å²) in [6.07, 6.45) is 1.23. The van der Waals surface area contributed by atoms with Crippen molar-refractivity contribution in [1.29, 1.82) is 0 Å². The summed E-state index contributed by atoms with van der Waals surface area (Å²) in [7, 11) is 0. The molecule has 0 aromatic heterocycles. The zero-order valence-electron chi connectivity index (χ0n) is 9.39. The van der Waals surface area contributed by atoms with Crippen molar-refractivity contribution in [3.63, 3.8) is 0 Å². The average Bonchev–Trinajstić information content (AvgIpc) is 2.60. The molecule has 0 fully saturated rings. The van der Waals surface area contributed by atoms with E-state index >= 15 is 0 Å². The molecule has 1 aromatic rings. The Morgan fingerprint density at radius 2 is 2.00 bits per heavy atom. The minimum Gasteiger partial charge on any atom is -0.395 e. The molecule has 5 nitrogen and oxygen atoms in total. The molecule has 94 valence electrons. The third-order valence-electron chi connectivity index (χ3n) is 2.48. The van der Waals surface area contributed by atoms with Crippen LogP contribution in [0.25, 0.3) is 0 Å². The first-order valence-corrected chi connectivity index (χ1v) is 6.12. The van der Waals surface area contributed by atoms with E-state index in [1.807, 2.05) is 18.2 Å². The van der Waals surface area contributed by atoms with Crippen molar-refractivity contribution < 1.29 is 14.7 Å². The number of imide groups is 1. The summed E-state index contributed by atoms with van der Waals surface area (Å²) in [6, 6.07) is 7.29. The molecule has 0 unspecified atom stereocenters. The van der Waals surface area contributed by atoms with E-state index in [0.717, 1.165) is 9.37 Å². The van der Waals surface area contributed by atoms with Crippen LogP contribution in [0.5, 0.6) is 0 Å².